The molecule has 0 spiro atoms. The van der Waals surface area contributed by atoms with Gasteiger partial charge >= 0.3 is 11.9 Å². The van der Waals surface area contributed by atoms with E-state index in [9.17, 15) is 9.59 Å². The third-order valence-corrected chi connectivity index (χ3v) is 7.40. The molecule has 4 rings (SSSR count). The predicted octanol–water partition coefficient (Wildman–Crippen LogP) is 6.34. The summed E-state index contributed by atoms with van der Waals surface area (Å²) in [6.45, 7) is 2.20. The second-order valence-corrected chi connectivity index (χ2v) is 10.5. The zero-order valence-corrected chi connectivity index (χ0v) is 22.4. The first kappa shape index (κ1) is 28.3. The van der Waals surface area contributed by atoms with Gasteiger partial charge in [0.2, 0.25) is 0 Å². The molecule has 0 N–H and O–H groups in total. The molecule has 2 aromatic rings. The summed E-state index contributed by atoms with van der Waals surface area (Å²) in [4.78, 5) is 23.9. The fraction of sp³-hybridized carbons (Fsp3) is 0.562. The molecular weight excluding hydrogens is 480 g/mol. The van der Waals surface area contributed by atoms with Crippen molar-refractivity contribution >= 4 is 11.9 Å². The summed E-state index contributed by atoms with van der Waals surface area (Å²) in [7, 11) is 0. The van der Waals surface area contributed by atoms with Crippen LogP contribution in [0.1, 0.15) is 87.2 Å². The first-order chi connectivity index (χ1) is 18.7. The summed E-state index contributed by atoms with van der Waals surface area (Å²) in [5.41, 5.74) is 2.74. The smallest absolute Gasteiger partial charge is 0.305 e. The van der Waals surface area contributed by atoms with Crippen LogP contribution in [-0.2, 0) is 28.5 Å². The van der Waals surface area contributed by atoms with E-state index in [0.717, 1.165) is 51.4 Å². The van der Waals surface area contributed by atoms with Crippen LogP contribution in [0.25, 0.3) is 0 Å². The van der Waals surface area contributed by atoms with E-state index < -0.39 is 0 Å². The zero-order valence-electron chi connectivity index (χ0n) is 22.4. The lowest BCUT2D eigenvalue weighted by molar-refractivity contribution is -0.145. The van der Waals surface area contributed by atoms with E-state index in [1.54, 1.807) is 0 Å². The Kier molecular flexibility index (Phi) is 11.7. The van der Waals surface area contributed by atoms with Gasteiger partial charge in [-0.05, 0) is 48.6 Å². The number of rotatable bonds is 19. The molecule has 0 bridgehead atoms. The van der Waals surface area contributed by atoms with Crippen LogP contribution in [0.15, 0.2) is 60.7 Å². The Labute approximate surface area is 227 Å². The quantitative estimate of drug-likeness (QED) is 0.122. The first-order valence-corrected chi connectivity index (χ1v) is 14.3. The van der Waals surface area contributed by atoms with Crippen LogP contribution in [0, 0.1) is 0 Å². The monoisotopic (exact) mass is 522 g/mol. The van der Waals surface area contributed by atoms with Gasteiger partial charge in [0.15, 0.2) is 0 Å². The molecule has 4 unspecified atom stereocenters. The third-order valence-electron chi connectivity index (χ3n) is 7.40. The number of hydrogen-bond donors (Lipinski definition) is 0. The van der Waals surface area contributed by atoms with Crippen LogP contribution < -0.4 is 0 Å². The van der Waals surface area contributed by atoms with E-state index >= 15 is 0 Å². The maximum atomic E-state index is 12.0. The Morgan fingerprint density at radius 2 is 1.03 bits per heavy atom. The maximum Gasteiger partial charge on any atom is 0.305 e. The summed E-state index contributed by atoms with van der Waals surface area (Å²) < 4.78 is 20.7. The minimum atomic E-state index is -0.118. The molecule has 2 saturated heterocycles. The normalized spacial score (nSPS) is 19.4. The van der Waals surface area contributed by atoms with Gasteiger partial charge in [-0.1, -0.05) is 86.3 Å². The van der Waals surface area contributed by atoms with Crippen LogP contribution in [-0.4, -0.2) is 50.6 Å². The first-order valence-electron chi connectivity index (χ1n) is 14.3. The van der Waals surface area contributed by atoms with Crippen molar-refractivity contribution in [3.63, 3.8) is 0 Å². The number of ether oxygens (including phenoxy) is 4. The van der Waals surface area contributed by atoms with Crippen molar-refractivity contribution in [3.05, 3.63) is 71.8 Å². The van der Waals surface area contributed by atoms with Crippen molar-refractivity contribution in [2.75, 3.05) is 26.4 Å². The molecule has 2 fully saturated rings. The number of carbonyl (C=O) groups excluding carboxylic acids is 2. The Bertz CT molecular complexity index is 875. The predicted molar refractivity (Wildman–Crippen MR) is 146 cm³/mol. The van der Waals surface area contributed by atoms with E-state index in [0.29, 0.717) is 51.1 Å². The third kappa shape index (κ3) is 10.6. The van der Waals surface area contributed by atoms with E-state index in [2.05, 4.69) is 60.7 Å². The van der Waals surface area contributed by atoms with Crippen molar-refractivity contribution in [2.24, 2.45) is 0 Å². The molecule has 38 heavy (non-hydrogen) atoms. The molecular formula is C32H42O6. The molecule has 4 atom stereocenters. The van der Waals surface area contributed by atoms with Gasteiger partial charge in [0.05, 0.1) is 13.2 Å². The van der Waals surface area contributed by atoms with Crippen LogP contribution in [0.5, 0.6) is 0 Å². The minimum absolute atomic E-state index is 0.118. The standard InChI is InChI=1S/C32H42O6/c33-31(37-23-27-21-35-27)19-11-3-9-17-29(25-13-5-1-6-14-25)30(26-15-7-2-8-16-26)18-10-4-12-20-32(34)38-24-28-22-36-28/h1-2,5-8,13-16,27-30H,3-4,9-12,17-24H2. The van der Waals surface area contributed by atoms with Crippen molar-refractivity contribution < 1.29 is 28.5 Å². The van der Waals surface area contributed by atoms with Gasteiger partial charge < -0.3 is 18.9 Å². The van der Waals surface area contributed by atoms with E-state index in [4.69, 9.17) is 18.9 Å². The Hall–Kier alpha value is -2.70. The number of benzene rings is 2. The molecule has 206 valence electrons. The fourth-order valence-corrected chi connectivity index (χ4v) is 5.07. The molecule has 0 aliphatic carbocycles. The summed E-state index contributed by atoms with van der Waals surface area (Å²) >= 11 is 0. The maximum absolute atomic E-state index is 12.0. The molecule has 0 aromatic heterocycles. The lowest BCUT2D eigenvalue weighted by Crippen LogP contribution is -2.13. The van der Waals surface area contributed by atoms with E-state index in [-0.39, 0.29) is 24.1 Å². The van der Waals surface area contributed by atoms with Gasteiger partial charge in [-0.3, -0.25) is 9.59 Å². The van der Waals surface area contributed by atoms with Gasteiger partial charge in [-0.2, -0.15) is 0 Å². The summed E-state index contributed by atoms with van der Waals surface area (Å²) in [6, 6.07) is 21.6. The average molecular weight is 523 g/mol. The number of epoxide rings is 2. The van der Waals surface area contributed by atoms with Gasteiger partial charge in [-0.15, -0.1) is 0 Å². The van der Waals surface area contributed by atoms with Gasteiger partial charge in [0.1, 0.15) is 25.4 Å². The lowest BCUT2D eigenvalue weighted by Gasteiger charge is -2.29. The van der Waals surface area contributed by atoms with E-state index in [1.807, 2.05) is 0 Å². The molecule has 0 saturated carbocycles. The zero-order chi connectivity index (χ0) is 26.4. The van der Waals surface area contributed by atoms with Crippen molar-refractivity contribution in [3.8, 4) is 0 Å². The molecule has 0 amide bonds. The minimum Gasteiger partial charge on any atom is -0.463 e. The highest BCUT2D eigenvalue weighted by Crippen LogP contribution is 2.40. The lowest BCUT2D eigenvalue weighted by atomic mass is 9.76. The van der Waals surface area contributed by atoms with Crippen LogP contribution >= 0.6 is 0 Å². The molecule has 6 heteroatoms. The number of unbranched alkanes of at least 4 members (excludes halogenated alkanes) is 4. The van der Waals surface area contributed by atoms with E-state index in [1.165, 1.54) is 11.1 Å². The largest absolute Gasteiger partial charge is 0.463 e. The van der Waals surface area contributed by atoms with Crippen molar-refractivity contribution in [1.82, 2.24) is 0 Å². The number of carbonyl (C=O) groups is 2. The highest BCUT2D eigenvalue weighted by atomic mass is 16.6. The van der Waals surface area contributed by atoms with Crippen LogP contribution in [0.4, 0.5) is 0 Å². The molecule has 2 aliphatic heterocycles. The molecule has 0 radical (unpaired) electrons. The molecule has 2 aromatic carbocycles. The second-order valence-electron chi connectivity index (χ2n) is 10.5. The summed E-state index contributed by atoms with van der Waals surface area (Å²) in [6.07, 6.45) is 9.19. The highest BCUT2D eigenvalue weighted by Gasteiger charge is 2.26. The summed E-state index contributed by atoms with van der Waals surface area (Å²) in [5, 5.41) is 0. The second kappa shape index (κ2) is 15.6. The molecule has 6 nitrogen and oxygen atoms in total. The average Bonchev–Trinajstić information content (AvgIpc) is 3.87. The Morgan fingerprint density at radius 1 is 0.632 bits per heavy atom. The fourth-order valence-electron chi connectivity index (χ4n) is 5.07. The topological polar surface area (TPSA) is 77.7 Å². The molecule has 2 aliphatic rings. The van der Waals surface area contributed by atoms with Crippen molar-refractivity contribution in [2.45, 2.75) is 88.3 Å². The SMILES string of the molecule is O=C(CCCCCC(c1ccccc1)C(CCCCCC(=O)OCC1CO1)c1ccccc1)OCC1CO1. The number of hydrogen-bond acceptors (Lipinski definition) is 6. The van der Waals surface area contributed by atoms with Crippen molar-refractivity contribution in [1.29, 1.82) is 0 Å². The Morgan fingerprint density at radius 3 is 1.39 bits per heavy atom. The Balaban J connectivity index is 1.27. The number of esters is 2. The molecule has 2 heterocycles. The van der Waals surface area contributed by atoms with Gasteiger partial charge in [0, 0.05) is 12.8 Å². The summed E-state index contributed by atoms with van der Waals surface area (Å²) in [5.74, 6) is 0.571. The van der Waals surface area contributed by atoms with Crippen LogP contribution in [0.2, 0.25) is 0 Å². The van der Waals surface area contributed by atoms with Crippen LogP contribution in [0.3, 0.4) is 0 Å². The van der Waals surface area contributed by atoms with Gasteiger partial charge in [0.25, 0.3) is 0 Å². The highest BCUT2D eigenvalue weighted by molar-refractivity contribution is 5.69. The van der Waals surface area contributed by atoms with Gasteiger partial charge in [-0.25, -0.2) is 0 Å².